The van der Waals surface area contributed by atoms with Crippen molar-refractivity contribution in [3.05, 3.63) is 65.0 Å². The number of halogens is 1. The molecule has 3 aromatic heterocycles. The highest BCUT2D eigenvalue weighted by molar-refractivity contribution is 5.78. The topological polar surface area (TPSA) is 78.8 Å². The maximum Gasteiger partial charge on any atom is 0.273 e. The molecule has 4 rings (SSSR count). The smallest absolute Gasteiger partial charge is 0.273 e. The first-order valence-electron chi connectivity index (χ1n) is 6.59. The average Bonchev–Trinajstić information content (AvgIpc) is 3.17. The molecule has 0 atom stereocenters. The summed E-state index contributed by atoms with van der Waals surface area (Å²) in [5.41, 5.74) is 2.90. The van der Waals surface area contributed by atoms with E-state index in [9.17, 15) is 9.18 Å². The number of aromatic amines is 2. The van der Waals surface area contributed by atoms with E-state index in [4.69, 9.17) is 0 Å². The zero-order valence-corrected chi connectivity index (χ0v) is 11.2. The molecule has 0 saturated carbocycles. The number of H-pyrrole nitrogens is 2. The predicted molar refractivity (Wildman–Crippen MR) is 78.8 cm³/mol. The fourth-order valence-corrected chi connectivity index (χ4v) is 2.36. The Bertz CT molecular complexity index is 999. The van der Waals surface area contributed by atoms with Crippen LogP contribution in [0.2, 0.25) is 0 Å². The van der Waals surface area contributed by atoms with Crippen molar-refractivity contribution in [2.24, 2.45) is 0 Å². The molecule has 0 unspecified atom stereocenters. The third kappa shape index (κ3) is 1.91. The number of nitrogens with one attached hydrogen (secondary N) is 2. The van der Waals surface area contributed by atoms with Gasteiger partial charge in [-0.25, -0.2) is 13.9 Å². The van der Waals surface area contributed by atoms with Gasteiger partial charge in [0.1, 0.15) is 5.82 Å². The van der Waals surface area contributed by atoms with Gasteiger partial charge in [0.05, 0.1) is 11.4 Å². The van der Waals surface area contributed by atoms with Crippen LogP contribution in [0.5, 0.6) is 0 Å². The van der Waals surface area contributed by atoms with Gasteiger partial charge in [0, 0.05) is 24.0 Å². The summed E-state index contributed by atoms with van der Waals surface area (Å²) >= 11 is 0. The molecule has 0 fully saturated rings. The minimum atomic E-state index is -0.313. The Morgan fingerprint density at radius 3 is 2.68 bits per heavy atom. The molecular formula is C15H10FN5O. The molecule has 0 spiro atoms. The summed E-state index contributed by atoms with van der Waals surface area (Å²) in [5.74, 6) is -0.313. The number of hydrogen-bond donors (Lipinski definition) is 2. The minimum absolute atomic E-state index is 0.233. The summed E-state index contributed by atoms with van der Waals surface area (Å²) in [6, 6.07) is 9.19. The molecule has 22 heavy (non-hydrogen) atoms. The predicted octanol–water partition coefficient (Wildman–Crippen LogP) is 2.22. The van der Waals surface area contributed by atoms with Crippen molar-refractivity contribution in [3.8, 4) is 22.5 Å². The Kier molecular flexibility index (Phi) is 2.65. The van der Waals surface area contributed by atoms with Crippen molar-refractivity contribution in [1.82, 2.24) is 24.8 Å². The van der Waals surface area contributed by atoms with Crippen LogP contribution in [0, 0.1) is 5.82 Å². The Balaban J connectivity index is 1.97. The molecule has 2 N–H and O–H groups in total. The van der Waals surface area contributed by atoms with Crippen LogP contribution >= 0.6 is 0 Å². The zero-order valence-electron chi connectivity index (χ0n) is 11.2. The second-order valence-corrected chi connectivity index (χ2v) is 4.80. The molecule has 1 aromatic carbocycles. The molecule has 108 valence electrons. The summed E-state index contributed by atoms with van der Waals surface area (Å²) in [6.07, 6.45) is 3.27. The summed E-state index contributed by atoms with van der Waals surface area (Å²) in [5, 5.41) is 9.51. The summed E-state index contributed by atoms with van der Waals surface area (Å²) in [6.45, 7) is 0. The van der Waals surface area contributed by atoms with E-state index >= 15 is 0 Å². The highest BCUT2D eigenvalue weighted by Crippen LogP contribution is 2.24. The Hall–Kier alpha value is -3.22. The number of aromatic nitrogens is 5. The van der Waals surface area contributed by atoms with Gasteiger partial charge in [-0.3, -0.25) is 15.0 Å². The average molecular weight is 295 g/mol. The minimum Gasteiger partial charge on any atom is -0.296 e. The molecule has 0 amide bonds. The van der Waals surface area contributed by atoms with Crippen LogP contribution in [-0.4, -0.2) is 24.8 Å². The largest absolute Gasteiger partial charge is 0.296 e. The van der Waals surface area contributed by atoms with E-state index in [2.05, 4.69) is 20.3 Å². The SMILES string of the molecule is O=c1cc(-c2ccn[nH]2)nc2c(-c3ccc(F)cc3)c[nH]n12. The first-order chi connectivity index (χ1) is 10.7. The molecule has 0 aliphatic rings. The molecule has 0 saturated heterocycles. The third-order valence-electron chi connectivity index (χ3n) is 3.43. The van der Waals surface area contributed by atoms with E-state index in [1.165, 1.54) is 22.7 Å². The van der Waals surface area contributed by atoms with Crippen molar-refractivity contribution in [1.29, 1.82) is 0 Å². The number of rotatable bonds is 2. The monoisotopic (exact) mass is 295 g/mol. The van der Waals surface area contributed by atoms with Gasteiger partial charge in [-0.2, -0.15) is 5.10 Å². The van der Waals surface area contributed by atoms with Crippen molar-refractivity contribution in [2.45, 2.75) is 0 Å². The van der Waals surface area contributed by atoms with Crippen LogP contribution in [0.3, 0.4) is 0 Å². The van der Waals surface area contributed by atoms with Crippen molar-refractivity contribution >= 4 is 5.65 Å². The zero-order chi connectivity index (χ0) is 15.1. The Labute approximate surface area is 123 Å². The van der Waals surface area contributed by atoms with E-state index in [1.807, 2.05) is 0 Å². The molecule has 7 heteroatoms. The summed E-state index contributed by atoms with van der Waals surface area (Å²) < 4.78 is 14.4. The van der Waals surface area contributed by atoms with Gasteiger partial charge >= 0.3 is 0 Å². The Morgan fingerprint density at radius 2 is 1.95 bits per heavy atom. The van der Waals surface area contributed by atoms with Gasteiger partial charge in [0.25, 0.3) is 5.56 Å². The summed E-state index contributed by atoms with van der Waals surface area (Å²) in [7, 11) is 0. The van der Waals surface area contributed by atoms with E-state index in [0.717, 1.165) is 11.1 Å². The molecule has 4 aromatic rings. The van der Waals surface area contributed by atoms with Crippen molar-refractivity contribution in [2.75, 3.05) is 0 Å². The Morgan fingerprint density at radius 1 is 1.14 bits per heavy atom. The maximum absolute atomic E-state index is 13.1. The molecular weight excluding hydrogens is 285 g/mol. The van der Waals surface area contributed by atoms with Gasteiger partial charge < -0.3 is 0 Å². The van der Waals surface area contributed by atoms with Crippen molar-refractivity contribution in [3.63, 3.8) is 0 Å². The standard InChI is InChI=1S/C15H10FN5O/c16-10-3-1-9(2-4-10)11-8-18-21-14(22)7-13(19-15(11)21)12-5-6-17-20-12/h1-8,18H,(H,17,20). The lowest BCUT2D eigenvalue weighted by atomic mass is 10.1. The van der Waals surface area contributed by atoms with Gasteiger partial charge in [-0.15, -0.1) is 0 Å². The fourth-order valence-electron chi connectivity index (χ4n) is 2.36. The van der Waals surface area contributed by atoms with Gasteiger partial charge in [-0.1, -0.05) is 12.1 Å². The molecule has 0 bridgehead atoms. The van der Waals surface area contributed by atoms with Crippen LogP contribution in [0.1, 0.15) is 0 Å². The number of fused-ring (bicyclic) bond motifs is 1. The van der Waals surface area contributed by atoms with Gasteiger partial charge in [0.2, 0.25) is 0 Å². The number of nitrogens with zero attached hydrogens (tertiary/aromatic N) is 3. The van der Waals surface area contributed by atoms with E-state index in [-0.39, 0.29) is 11.4 Å². The molecule has 6 nitrogen and oxygen atoms in total. The molecule has 0 aliphatic carbocycles. The lowest BCUT2D eigenvalue weighted by molar-refractivity contribution is 0.628. The van der Waals surface area contributed by atoms with Crippen LogP contribution in [0.15, 0.2) is 53.6 Å². The van der Waals surface area contributed by atoms with Crippen LogP contribution < -0.4 is 5.56 Å². The first-order valence-corrected chi connectivity index (χ1v) is 6.59. The second-order valence-electron chi connectivity index (χ2n) is 4.80. The van der Waals surface area contributed by atoms with E-state index in [1.54, 1.807) is 30.6 Å². The second kappa shape index (κ2) is 4.66. The normalized spacial score (nSPS) is 11.1. The van der Waals surface area contributed by atoms with Gasteiger partial charge in [0.15, 0.2) is 5.65 Å². The molecule has 0 radical (unpaired) electrons. The van der Waals surface area contributed by atoms with Crippen LogP contribution in [0.4, 0.5) is 4.39 Å². The number of hydrogen-bond acceptors (Lipinski definition) is 3. The maximum atomic E-state index is 13.1. The van der Waals surface area contributed by atoms with Crippen molar-refractivity contribution < 1.29 is 4.39 Å². The lowest BCUT2D eigenvalue weighted by Crippen LogP contribution is -2.14. The highest BCUT2D eigenvalue weighted by Gasteiger charge is 2.12. The van der Waals surface area contributed by atoms with Gasteiger partial charge in [-0.05, 0) is 23.8 Å². The third-order valence-corrected chi connectivity index (χ3v) is 3.43. The fraction of sp³-hybridized carbons (Fsp3) is 0. The van der Waals surface area contributed by atoms with E-state index in [0.29, 0.717) is 17.0 Å². The van der Waals surface area contributed by atoms with Crippen LogP contribution in [0.25, 0.3) is 28.2 Å². The first kappa shape index (κ1) is 12.5. The van der Waals surface area contributed by atoms with Crippen LogP contribution in [-0.2, 0) is 0 Å². The summed E-state index contributed by atoms with van der Waals surface area (Å²) in [4.78, 5) is 16.7. The van der Waals surface area contributed by atoms with E-state index < -0.39 is 0 Å². The molecule has 3 heterocycles. The lowest BCUT2D eigenvalue weighted by Gasteiger charge is -2.01. The highest BCUT2D eigenvalue weighted by atomic mass is 19.1. The molecule has 0 aliphatic heterocycles. The quantitative estimate of drug-likeness (QED) is 0.595. The number of benzene rings is 1.